The Bertz CT molecular complexity index is 1610. The van der Waals surface area contributed by atoms with E-state index in [1.807, 2.05) is 35.6 Å². The summed E-state index contributed by atoms with van der Waals surface area (Å²) in [6.45, 7) is 8.12. The van der Waals surface area contributed by atoms with Crippen molar-refractivity contribution in [3.8, 4) is 0 Å². The third kappa shape index (κ3) is 13.0. The largest absolute Gasteiger partial charge is 0.490 e. The van der Waals surface area contributed by atoms with Crippen molar-refractivity contribution < 1.29 is 74.0 Å². The fourth-order valence-corrected chi connectivity index (χ4v) is 5.26. The van der Waals surface area contributed by atoms with Crippen molar-refractivity contribution in [3.05, 3.63) is 78.4 Å². The predicted octanol–water partition coefficient (Wildman–Crippen LogP) is 5.17. The summed E-state index contributed by atoms with van der Waals surface area (Å²) in [5.74, 6) is -7.92. The Hall–Kier alpha value is -5.28. The van der Waals surface area contributed by atoms with E-state index in [0.29, 0.717) is 12.6 Å². The van der Waals surface area contributed by atoms with Crippen LogP contribution in [0.4, 0.5) is 39.5 Å². The number of carbonyl (C=O) groups excluding carboxylic acids is 1. The van der Waals surface area contributed by atoms with Crippen molar-refractivity contribution in [1.82, 2.24) is 29.3 Å². The first kappa shape index (κ1) is 43.9. The number of alkyl halides is 9. The molecule has 2 unspecified atom stereocenters. The predicted molar refractivity (Wildman–Crippen MR) is 163 cm³/mol. The smallest absolute Gasteiger partial charge is 0.475 e. The van der Waals surface area contributed by atoms with Gasteiger partial charge in [-0.05, 0) is 49.6 Å². The second-order valence-corrected chi connectivity index (χ2v) is 11.8. The summed E-state index contributed by atoms with van der Waals surface area (Å²) in [5, 5.41) is 21.4. The molecule has 22 heteroatoms. The number of amides is 1. The Kier molecular flexibility index (Phi) is 14.9. The Labute approximate surface area is 294 Å². The van der Waals surface area contributed by atoms with Crippen LogP contribution >= 0.6 is 0 Å². The number of carboxylic acid groups (broad SMARTS) is 3. The lowest BCUT2D eigenvalue weighted by Gasteiger charge is -2.28. The van der Waals surface area contributed by atoms with Gasteiger partial charge in [0.1, 0.15) is 0 Å². The second kappa shape index (κ2) is 18.0. The zero-order valence-electron chi connectivity index (χ0n) is 27.7. The number of nitrogens with zero attached hydrogens (tertiary/aromatic N) is 6. The van der Waals surface area contributed by atoms with Gasteiger partial charge in [0, 0.05) is 75.7 Å². The van der Waals surface area contributed by atoms with E-state index < -0.39 is 41.9 Å². The van der Waals surface area contributed by atoms with E-state index in [1.54, 1.807) is 18.6 Å². The van der Waals surface area contributed by atoms with Gasteiger partial charge in [0.05, 0.1) is 17.4 Å². The summed E-state index contributed by atoms with van der Waals surface area (Å²) in [6, 6.07) is 8.40. The third-order valence-electron chi connectivity index (χ3n) is 7.71. The van der Waals surface area contributed by atoms with Crippen LogP contribution in [0.25, 0.3) is 0 Å². The molecular weight excluding hydrogens is 739 g/mol. The number of aromatic nitrogens is 4. The lowest BCUT2D eigenvalue weighted by molar-refractivity contribution is -0.193. The zero-order chi connectivity index (χ0) is 40.4. The molecule has 0 saturated carbocycles. The highest BCUT2D eigenvalue weighted by Crippen LogP contribution is 2.50. The maximum Gasteiger partial charge on any atom is 0.490 e. The minimum atomic E-state index is -5.08. The Morgan fingerprint density at radius 3 is 1.79 bits per heavy atom. The number of imidazole rings is 1. The highest BCUT2D eigenvalue weighted by atomic mass is 19.4. The van der Waals surface area contributed by atoms with E-state index in [9.17, 15) is 44.3 Å². The molecule has 292 valence electrons. The van der Waals surface area contributed by atoms with Gasteiger partial charge < -0.3 is 24.8 Å². The molecule has 13 nitrogen and oxygen atoms in total. The van der Waals surface area contributed by atoms with Crippen molar-refractivity contribution in [2.45, 2.75) is 63.8 Å². The molecular formula is C31H33F9N6O7. The van der Waals surface area contributed by atoms with Gasteiger partial charge in [-0.15, -0.1) is 0 Å². The van der Waals surface area contributed by atoms with Crippen LogP contribution in [0.15, 0.2) is 61.6 Å². The summed E-state index contributed by atoms with van der Waals surface area (Å²) in [5.41, 5.74) is 2.91. The van der Waals surface area contributed by atoms with Gasteiger partial charge in [-0.2, -0.15) is 39.5 Å². The fraction of sp³-hybridized carbons (Fsp3) is 0.452. The molecule has 2 fully saturated rings. The molecule has 1 spiro atoms. The molecule has 2 aliphatic heterocycles. The van der Waals surface area contributed by atoms with E-state index in [-0.39, 0.29) is 11.8 Å². The number of likely N-dealkylation sites (tertiary alicyclic amines) is 2. The molecule has 2 atom stereocenters. The zero-order valence-corrected chi connectivity index (χ0v) is 27.7. The maximum atomic E-state index is 13.9. The van der Waals surface area contributed by atoms with Gasteiger partial charge in [-0.25, -0.2) is 19.4 Å². The van der Waals surface area contributed by atoms with Crippen LogP contribution in [-0.4, -0.2) is 107 Å². The first-order valence-corrected chi connectivity index (χ1v) is 15.1. The Morgan fingerprint density at radius 2 is 1.36 bits per heavy atom. The minimum Gasteiger partial charge on any atom is -0.475 e. The van der Waals surface area contributed by atoms with E-state index in [4.69, 9.17) is 34.7 Å². The van der Waals surface area contributed by atoms with Crippen molar-refractivity contribution in [1.29, 1.82) is 0 Å². The molecule has 2 saturated heterocycles. The maximum absolute atomic E-state index is 13.9. The molecule has 0 bridgehead atoms. The fourth-order valence-electron chi connectivity index (χ4n) is 5.26. The number of carboxylic acids is 3. The van der Waals surface area contributed by atoms with Crippen molar-refractivity contribution in [3.63, 3.8) is 0 Å². The first-order chi connectivity index (χ1) is 24.4. The van der Waals surface area contributed by atoms with E-state index in [1.165, 1.54) is 5.56 Å². The lowest BCUT2D eigenvalue weighted by Crippen LogP contribution is -2.39. The van der Waals surface area contributed by atoms with Crippen LogP contribution in [0.3, 0.4) is 0 Å². The number of hydrogen-bond acceptors (Lipinski definition) is 8. The number of hydrogen-bond donors (Lipinski definition) is 3. The number of aliphatic carboxylic acids is 3. The molecule has 3 aromatic heterocycles. The summed E-state index contributed by atoms with van der Waals surface area (Å²) >= 11 is 0. The van der Waals surface area contributed by atoms with Gasteiger partial charge >= 0.3 is 36.4 Å². The first-order valence-electron chi connectivity index (χ1n) is 15.1. The van der Waals surface area contributed by atoms with Crippen LogP contribution in [0.5, 0.6) is 0 Å². The SMILES string of the molecule is CC(C)n1cnc(C2CN(Cc3cccnc3)CC23CCN(Cc2ccncc2)C3=O)c1.O=C(O)C(F)(F)F.O=C(O)C(F)(F)F.O=C(O)C(F)(F)F. The second-order valence-electron chi connectivity index (χ2n) is 11.8. The Balaban J connectivity index is 0.000000379. The molecule has 0 aliphatic carbocycles. The molecule has 0 aromatic carbocycles. The van der Waals surface area contributed by atoms with Crippen LogP contribution in [0, 0.1) is 5.41 Å². The summed E-state index contributed by atoms with van der Waals surface area (Å²) in [7, 11) is 0. The highest BCUT2D eigenvalue weighted by Gasteiger charge is 2.57. The van der Waals surface area contributed by atoms with Gasteiger partial charge in [-0.3, -0.25) is 19.7 Å². The highest BCUT2D eigenvalue weighted by molar-refractivity contribution is 5.87. The molecule has 3 N–H and O–H groups in total. The number of halogens is 9. The minimum absolute atomic E-state index is 0.0918. The van der Waals surface area contributed by atoms with Crippen molar-refractivity contribution in [2.75, 3.05) is 19.6 Å². The van der Waals surface area contributed by atoms with Crippen molar-refractivity contribution >= 4 is 23.8 Å². The normalized spacial score (nSPS) is 18.8. The van der Waals surface area contributed by atoms with Crippen LogP contribution < -0.4 is 0 Å². The number of pyridine rings is 2. The van der Waals surface area contributed by atoms with E-state index >= 15 is 0 Å². The van der Waals surface area contributed by atoms with Crippen LogP contribution in [0.1, 0.15) is 49.0 Å². The number of carbonyl (C=O) groups is 4. The van der Waals surface area contributed by atoms with Gasteiger partial charge in [-0.1, -0.05) is 6.07 Å². The average Bonchev–Trinajstić information content (AvgIpc) is 3.76. The molecule has 0 radical (unpaired) electrons. The number of rotatable bonds is 6. The molecule has 53 heavy (non-hydrogen) atoms. The standard InChI is InChI=1S/C25H30N6O.3C2HF3O2/c1-19(2)31-16-23(28-18-31)22-15-29(13-21-4-3-8-27-12-21)17-25(22)7-11-30(24(25)32)14-20-5-9-26-10-6-20;3*3-2(4,5)1(6)7/h3-6,8-10,12,16,18-19,22H,7,11,13-15,17H2,1-2H3;3*(H,6,7). The molecule has 2 aliphatic rings. The molecule has 5 rings (SSSR count). The lowest BCUT2D eigenvalue weighted by atomic mass is 9.75. The van der Waals surface area contributed by atoms with Gasteiger partial charge in [0.15, 0.2) is 0 Å². The van der Waals surface area contributed by atoms with Crippen LogP contribution in [0.2, 0.25) is 0 Å². The van der Waals surface area contributed by atoms with Crippen LogP contribution in [-0.2, 0) is 32.3 Å². The summed E-state index contributed by atoms with van der Waals surface area (Å²) < 4.78 is 97.3. The topological polar surface area (TPSA) is 179 Å². The third-order valence-corrected chi connectivity index (χ3v) is 7.71. The van der Waals surface area contributed by atoms with Gasteiger partial charge in [0.25, 0.3) is 0 Å². The van der Waals surface area contributed by atoms with E-state index in [2.05, 4.69) is 45.5 Å². The monoisotopic (exact) mass is 772 g/mol. The average molecular weight is 773 g/mol. The Morgan fingerprint density at radius 1 is 0.830 bits per heavy atom. The van der Waals surface area contributed by atoms with E-state index in [0.717, 1.165) is 43.9 Å². The quantitative estimate of drug-likeness (QED) is 0.282. The van der Waals surface area contributed by atoms with Crippen molar-refractivity contribution in [2.24, 2.45) is 5.41 Å². The molecule has 1 amide bonds. The van der Waals surface area contributed by atoms with Gasteiger partial charge in [0.2, 0.25) is 5.91 Å². The molecule has 3 aromatic rings. The summed E-state index contributed by atoms with van der Waals surface area (Å²) in [4.78, 5) is 58.1. The summed E-state index contributed by atoms with van der Waals surface area (Å²) in [6.07, 6.45) is -3.04. The molecule has 5 heterocycles.